The van der Waals surface area contributed by atoms with Crippen LogP contribution in [0.2, 0.25) is 0 Å². The third-order valence-corrected chi connectivity index (χ3v) is 10.9. The molecule has 3 saturated carbocycles. The smallest absolute Gasteiger partial charge is 0.167 e. The fraction of sp³-hybridized carbons (Fsp3) is 0.647. The van der Waals surface area contributed by atoms with Crippen LogP contribution < -0.4 is 0 Å². The highest BCUT2D eigenvalue weighted by molar-refractivity contribution is 6.03. The van der Waals surface area contributed by atoms with Crippen LogP contribution in [0.25, 0.3) is 22.3 Å². The zero-order valence-electron chi connectivity index (χ0n) is 22.7. The molecule has 37 heavy (non-hydrogen) atoms. The Labute approximate surface area is 221 Å². The van der Waals surface area contributed by atoms with E-state index in [1.165, 1.54) is 51.4 Å². The normalized spacial score (nSPS) is 31.4. The van der Waals surface area contributed by atoms with Gasteiger partial charge in [-0.05, 0) is 115 Å². The molecule has 0 spiro atoms. The van der Waals surface area contributed by atoms with Crippen LogP contribution in [0.1, 0.15) is 114 Å². The fourth-order valence-electron chi connectivity index (χ4n) is 8.25. The van der Waals surface area contributed by atoms with E-state index >= 15 is 13.2 Å². The van der Waals surface area contributed by atoms with Crippen LogP contribution in [0, 0.1) is 47.0 Å². The summed E-state index contributed by atoms with van der Waals surface area (Å²) in [7, 11) is 0. The summed E-state index contributed by atoms with van der Waals surface area (Å²) in [6.07, 6.45) is 16.4. The SMILES string of the molecule is CC1CCC(c2cc3c(c(F)c2F)-c2c-3ccc(CCC3CCC(C4CCC(C)CC4)CC3)c2F)CC1. The van der Waals surface area contributed by atoms with Gasteiger partial charge in [0.1, 0.15) is 5.82 Å². The number of benzene rings is 2. The Kier molecular flexibility index (Phi) is 7.18. The van der Waals surface area contributed by atoms with Crippen molar-refractivity contribution in [3.8, 4) is 22.3 Å². The van der Waals surface area contributed by atoms with E-state index in [-0.39, 0.29) is 17.3 Å². The summed E-state index contributed by atoms with van der Waals surface area (Å²) in [5.41, 5.74) is 3.09. The Morgan fingerprint density at radius 2 is 1.19 bits per heavy atom. The molecule has 3 fully saturated rings. The monoisotopic (exact) mass is 508 g/mol. The first kappa shape index (κ1) is 25.5. The van der Waals surface area contributed by atoms with Gasteiger partial charge in [-0.2, -0.15) is 0 Å². The van der Waals surface area contributed by atoms with Gasteiger partial charge in [0.2, 0.25) is 0 Å². The van der Waals surface area contributed by atoms with Gasteiger partial charge in [-0.25, -0.2) is 13.2 Å². The highest BCUT2D eigenvalue weighted by Gasteiger charge is 2.36. The zero-order chi connectivity index (χ0) is 25.7. The van der Waals surface area contributed by atoms with E-state index in [0.29, 0.717) is 40.5 Å². The Hall–Kier alpha value is -1.77. The number of fused-ring (bicyclic) bond motifs is 4. The summed E-state index contributed by atoms with van der Waals surface area (Å²) in [5, 5.41) is 0. The average Bonchev–Trinajstić information content (AvgIpc) is 2.90. The van der Waals surface area contributed by atoms with Crippen molar-refractivity contribution in [2.75, 3.05) is 0 Å². The van der Waals surface area contributed by atoms with Gasteiger partial charge >= 0.3 is 0 Å². The van der Waals surface area contributed by atoms with Gasteiger partial charge in [0.15, 0.2) is 11.6 Å². The molecule has 0 aromatic heterocycles. The second-order valence-electron chi connectivity index (χ2n) is 13.3. The third-order valence-electron chi connectivity index (χ3n) is 10.9. The molecule has 0 unspecified atom stereocenters. The maximum atomic E-state index is 15.6. The van der Waals surface area contributed by atoms with Gasteiger partial charge in [0.05, 0.1) is 0 Å². The molecule has 0 nitrogen and oxygen atoms in total. The lowest BCUT2D eigenvalue weighted by Crippen LogP contribution is -2.25. The molecule has 4 aliphatic carbocycles. The van der Waals surface area contributed by atoms with Crippen LogP contribution in [-0.2, 0) is 6.42 Å². The van der Waals surface area contributed by atoms with E-state index in [4.69, 9.17) is 0 Å². The molecule has 0 N–H and O–H groups in total. The number of hydrogen-bond donors (Lipinski definition) is 0. The fourth-order valence-corrected chi connectivity index (χ4v) is 8.25. The number of aryl methyl sites for hydroxylation is 1. The van der Waals surface area contributed by atoms with Crippen LogP contribution in [0.15, 0.2) is 18.2 Å². The van der Waals surface area contributed by atoms with Crippen molar-refractivity contribution < 1.29 is 13.2 Å². The number of hydrogen-bond acceptors (Lipinski definition) is 0. The summed E-state index contributed by atoms with van der Waals surface area (Å²) in [6.45, 7) is 4.62. The van der Waals surface area contributed by atoms with Crippen molar-refractivity contribution >= 4 is 0 Å². The first-order chi connectivity index (χ1) is 17.9. The molecule has 0 heterocycles. The molecular formula is C34H43F3. The lowest BCUT2D eigenvalue weighted by Gasteiger charge is -2.37. The van der Waals surface area contributed by atoms with Crippen molar-refractivity contribution in [1.82, 2.24) is 0 Å². The van der Waals surface area contributed by atoms with E-state index in [1.807, 2.05) is 18.2 Å². The molecular weight excluding hydrogens is 465 g/mol. The van der Waals surface area contributed by atoms with Gasteiger partial charge in [-0.1, -0.05) is 64.5 Å². The molecule has 3 heteroatoms. The van der Waals surface area contributed by atoms with Crippen LogP contribution in [0.4, 0.5) is 13.2 Å². The van der Waals surface area contributed by atoms with Crippen LogP contribution >= 0.6 is 0 Å². The maximum absolute atomic E-state index is 15.6. The van der Waals surface area contributed by atoms with Crippen molar-refractivity contribution in [2.45, 2.75) is 110 Å². The first-order valence-electron chi connectivity index (χ1n) is 15.2. The maximum Gasteiger partial charge on any atom is 0.167 e. The Morgan fingerprint density at radius 1 is 0.622 bits per heavy atom. The summed E-state index contributed by atoms with van der Waals surface area (Å²) in [5.74, 6) is 2.20. The highest BCUT2D eigenvalue weighted by atomic mass is 19.2. The lowest BCUT2D eigenvalue weighted by atomic mass is 9.69. The third kappa shape index (κ3) is 4.78. The predicted molar refractivity (Wildman–Crippen MR) is 146 cm³/mol. The quantitative estimate of drug-likeness (QED) is 0.321. The number of rotatable bonds is 5. The molecule has 0 saturated heterocycles. The van der Waals surface area contributed by atoms with Gasteiger partial charge in [-0.3, -0.25) is 0 Å². The Morgan fingerprint density at radius 3 is 1.84 bits per heavy atom. The van der Waals surface area contributed by atoms with Gasteiger partial charge < -0.3 is 0 Å². The minimum atomic E-state index is -0.842. The summed E-state index contributed by atoms with van der Waals surface area (Å²) >= 11 is 0. The van der Waals surface area contributed by atoms with Crippen molar-refractivity contribution in [2.24, 2.45) is 29.6 Å². The molecule has 6 rings (SSSR count). The summed E-state index contributed by atoms with van der Waals surface area (Å²) < 4.78 is 46.0. The minimum Gasteiger partial charge on any atom is -0.206 e. The molecule has 0 amide bonds. The van der Waals surface area contributed by atoms with Gasteiger partial charge in [0, 0.05) is 11.1 Å². The van der Waals surface area contributed by atoms with Crippen LogP contribution in [0.5, 0.6) is 0 Å². The van der Waals surface area contributed by atoms with E-state index in [1.54, 1.807) is 0 Å². The Balaban J connectivity index is 1.11. The summed E-state index contributed by atoms with van der Waals surface area (Å²) in [4.78, 5) is 0. The van der Waals surface area contributed by atoms with Gasteiger partial charge in [-0.15, -0.1) is 0 Å². The van der Waals surface area contributed by atoms with Crippen LogP contribution in [-0.4, -0.2) is 0 Å². The van der Waals surface area contributed by atoms with Crippen molar-refractivity contribution in [1.29, 1.82) is 0 Å². The minimum absolute atomic E-state index is 0.0703. The zero-order valence-corrected chi connectivity index (χ0v) is 22.7. The molecule has 0 aliphatic heterocycles. The van der Waals surface area contributed by atoms with Gasteiger partial charge in [0.25, 0.3) is 0 Å². The second kappa shape index (κ2) is 10.4. The van der Waals surface area contributed by atoms with E-state index in [2.05, 4.69) is 13.8 Å². The molecule has 0 atom stereocenters. The highest BCUT2D eigenvalue weighted by Crippen LogP contribution is 2.53. The standard InChI is InChI=1S/C34H43F3/c1-20-3-10-23(11-4-20)24-14-7-22(8-15-24)9-16-26-17-18-27-29-19-28(25-12-5-21(2)6-13-25)33(36)34(37)31(29)30(27)32(26)35/h17-25H,3-16H2,1-2H3. The van der Waals surface area contributed by atoms with E-state index in [9.17, 15) is 0 Å². The average molecular weight is 509 g/mol. The molecule has 4 aliphatic rings. The predicted octanol–water partition coefficient (Wildman–Crippen LogP) is 10.6. The topological polar surface area (TPSA) is 0 Å². The molecule has 0 bridgehead atoms. The van der Waals surface area contributed by atoms with Crippen molar-refractivity contribution in [3.63, 3.8) is 0 Å². The van der Waals surface area contributed by atoms with E-state index in [0.717, 1.165) is 55.4 Å². The number of halogens is 3. The molecule has 200 valence electrons. The molecule has 2 aromatic carbocycles. The molecule has 0 radical (unpaired) electrons. The molecule has 2 aromatic rings. The first-order valence-corrected chi connectivity index (χ1v) is 15.2. The van der Waals surface area contributed by atoms with Crippen LogP contribution in [0.3, 0.4) is 0 Å². The lowest BCUT2D eigenvalue weighted by molar-refractivity contribution is 0.147. The largest absolute Gasteiger partial charge is 0.206 e. The summed E-state index contributed by atoms with van der Waals surface area (Å²) in [6, 6.07) is 5.66. The second-order valence-corrected chi connectivity index (χ2v) is 13.3. The van der Waals surface area contributed by atoms with E-state index < -0.39 is 11.6 Å². The van der Waals surface area contributed by atoms with Crippen molar-refractivity contribution in [3.05, 3.63) is 46.8 Å². The Bertz CT molecular complexity index is 1130.